The van der Waals surface area contributed by atoms with E-state index in [-0.39, 0.29) is 38.0 Å². The first kappa shape index (κ1) is 29.9. The molecule has 9 nitrogen and oxygen atoms in total. The van der Waals surface area contributed by atoms with E-state index in [0.717, 1.165) is 0 Å². The van der Waals surface area contributed by atoms with Crippen molar-refractivity contribution in [3.8, 4) is 0 Å². The molecule has 214 valence electrons. The first-order valence-corrected chi connectivity index (χ1v) is 14.9. The molecule has 2 atom stereocenters. The summed E-state index contributed by atoms with van der Waals surface area (Å²) in [4.78, 5) is 62.8. The molecule has 0 radical (unpaired) electrons. The van der Waals surface area contributed by atoms with E-state index in [1.54, 1.807) is 72.8 Å². The van der Waals surface area contributed by atoms with Crippen LogP contribution in [0.5, 0.6) is 0 Å². The normalized spacial score (nSPS) is 14.0. The highest BCUT2D eigenvalue weighted by molar-refractivity contribution is 7.39. The molecule has 1 aliphatic rings. The average Bonchev–Trinajstić information content (AvgIpc) is 3.23. The molecular weight excluding hydrogens is 545 g/mol. The largest absolute Gasteiger partial charge is 0.460 e. The van der Waals surface area contributed by atoms with Crippen LogP contribution in [-0.4, -0.2) is 45.8 Å². The molecule has 1 heterocycles. The summed E-state index contributed by atoms with van der Waals surface area (Å²) in [5, 5.41) is 0. The Balaban J connectivity index is 1.37. The highest BCUT2D eigenvalue weighted by atomic mass is 31.1. The number of esters is 2. The smallest absolute Gasteiger partial charge is 0.321 e. The van der Waals surface area contributed by atoms with Gasteiger partial charge in [-0.15, -0.1) is 0 Å². The number of hydrogen-bond acceptors (Lipinski definition) is 7. The second-order valence-corrected chi connectivity index (χ2v) is 11.2. The molecule has 0 saturated heterocycles. The van der Waals surface area contributed by atoms with Crippen LogP contribution in [0.2, 0.25) is 0 Å². The molecule has 0 aliphatic carbocycles. The fourth-order valence-electron chi connectivity index (χ4n) is 4.75. The third-order valence-corrected chi connectivity index (χ3v) is 8.21. The van der Waals surface area contributed by atoms with Gasteiger partial charge in [0.2, 0.25) is 0 Å². The number of unbranched alkanes of at least 4 members (excludes halogenated alkanes) is 2. The van der Waals surface area contributed by atoms with Crippen LogP contribution in [0.25, 0.3) is 0 Å². The average molecular weight is 578 g/mol. The van der Waals surface area contributed by atoms with Crippen LogP contribution in [0.4, 0.5) is 0 Å². The molecule has 2 unspecified atom stereocenters. The molecule has 0 saturated carbocycles. The number of hydrogen-bond donors (Lipinski definition) is 1. The number of carbonyl (C=O) groups excluding carboxylic acids is 4. The first-order valence-electron chi connectivity index (χ1n) is 13.5. The summed E-state index contributed by atoms with van der Waals surface area (Å²) in [6.45, 7) is 0.00991. The van der Waals surface area contributed by atoms with Crippen LogP contribution in [0.15, 0.2) is 84.9 Å². The summed E-state index contributed by atoms with van der Waals surface area (Å²) < 4.78 is 23.2. The lowest BCUT2D eigenvalue weighted by atomic mass is 9.99. The topological polar surface area (TPSA) is 127 Å². The molecule has 10 heteroatoms. The van der Waals surface area contributed by atoms with Gasteiger partial charge in [-0.3, -0.25) is 28.6 Å². The van der Waals surface area contributed by atoms with E-state index < -0.39 is 31.5 Å². The predicted molar refractivity (Wildman–Crippen MR) is 151 cm³/mol. The Morgan fingerprint density at radius 3 is 1.63 bits per heavy atom. The third-order valence-electron chi connectivity index (χ3n) is 6.95. The van der Waals surface area contributed by atoms with Gasteiger partial charge in [0.1, 0.15) is 13.2 Å². The van der Waals surface area contributed by atoms with Gasteiger partial charge in [0, 0.05) is 6.54 Å². The summed E-state index contributed by atoms with van der Waals surface area (Å²) >= 11 is 0. The summed E-state index contributed by atoms with van der Waals surface area (Å²) in [7, 11) is -3.35. The van der Waals surface area contributed by atoms with Gasteiger partial charge in [0.05, 0.1) is 16.8 Å². The first-order chi connectivity index (χ1) is 19.9. The Kier molecular flexibility index (Phi) is 10.6. The lowest BCUT2D eigenvalue weighted by Gasteiger charge is -2.22. The SMILES string of the molecule is O=C(OCc1ccccc1)C(C(=O)OCc1ccccc1)C(CCCCCN1C(=O)c2ccccc2C1=O)[PH](=O)O. The van der Waals surface area contributed by atoms with E-state index in [4.69, 9.17) is 9.47 Å². The number of imide groups is 1. The van der Waals surface area contributed by atoms with Crippen molar-refractivity contribution in [2.24, 2.45) is 5.92 Å². The Labute approximate surface area is 239 Å². The highest BCUT2D eigenvalue weighted by Crippen LogP contribution is 2.35. The maximum atomic E-state index is 13.1. The Bertz CT molecular complexity index is 1300. The third kappa shape index (κ3) is 7.78. The number of amides is 2. The van der Waals surface area contributed by atoms with Gasteiger partial charge < -0.3 is 14.4 Å². The lowest BCUT2D eigenvalue weighted by molar-refractivity contribution is -0.164. The van der Waals surface area contributed by atoms with Crippen LogP contribution in [0.3, 0.4) is 0 Å². The summed E-state index contributed by atoms with van der Waals surface area (Å²) in [5.41, 5.74) is 0.979. The van der Waals surface area contributed by atoms with Crippen LogP contribution in [0, 0.1) is 5.92 Å². The maximum absolute atomic E-state index is 13.1. The summed E-state index contributed by atoms with van der Waals surface area (Å²) in [5.74, 6) is -4.10. The van der Waals surface area contributed by atoms with E-state index in [1.807, 2.05) is 12.1 Å². The van der Waals surface area contributed by atoms with Gasteiger partial charge in [-0.2, -0.15) is 0 Å². The van der Waals surface area contributed by atoms with E-state index in [2.05, 4.69) is 0 Å². The van der Waals surface area contributed by atoms with Gasteiger partial charge in [0.15, 0.2) is 13.9 Å². The standard InChI is InChI=1S/C31H32NO8P/c33-28-24-16-9-10-17-25(24)29(34)32(28)19-11-3-8-18-26(41(37)38)27(30(35)39-20-22-12-4-1-5-13-22)31(36)40-21-23-14-6-2-7-15-23/h1-2,4-7,9-10,12-17,26-27,41H,3,8,11,18-21H2,(H,37,38). The molecule has 4 rings (SSSR count). The molecule has 0 bridgehead atoms. The van der Waals surface area contributed by atoms with Crippen molar-refractivity contribution in [3.63, 3.8) is 0 Å². The zero-order chi connectivity index (χ0) is 29.2. The minimum atomic E-state index is -3.35. The Morgan fingerprint density at radius 2 is 1.17 bits per heavy atom. The minimum absolute atomic E-state index is 0.0853. The minimum Gasteiger partial charge on any atom is -0.460 e. The van der Waals surface area contributed by atoms with Crippen molar-refractivity contribution in [1.29, 1.82) is 0 Å². The van der Waals surface area contributed by atoms with Crippen molar-refractivity contribution < 1.29 is 38.1 Å². The molecule has 41 heavy (non-hydrogen) atoms. The predicted octanol–water partition coefficient (Wildman–Crippen LogP) is 4.78. The van der Waals surface area contributed by atoms with Crippen LogP contribution < -0.4 is 0 Å². The van der Waals surface area contributed by atoms with Crippen LogP contribution >= 0.6 is 8.03 Å². The Morgan fingerprint density at radius 1 is 0.707 bits per heavy atom. The zero-order valence-electron chi connectivity index (χ0n) is 22.4. The Hall–Kier alpha value is -4.07. The van der Waals surface area contributed by atoms with Crippen molar-refractivity contribution in [1.82, 2.24) is 4.90 Å². The molecule has 0 spiro atoms. The van der Waals surface area contributed by atoms with Crippen LogP contribution in [-0.2, 0) is 36.8 Å². The van der Waals surface area contributed by atoms with E-state index in [1.165, 1.54) is 4.90 Å². The van der Waals surface area contributed by atoms with Gasteiger partial charge in [-0.25, -0.2) is 0 Å². The maximum Gasteiger partial charge on any atom is 0.321 e. The number of nitrogens with zero attached hydrogens (tertiary/aromatic N) is 1. The van der Waals surface area contributed by atoms with Crippen molar-refractivity contribution in [2.45, 2.75) is 44.6 Å². The highest BCUT2D eigenvalue weighted by Gasteiger charge is 2.40. The molecule has 0 fully saturated rings. The van der Waals surface area contributed by atoms with Crippen molar-refractivity contribution in [3.05, 3.63) is 107 Å². The van der Waals surface area contributed by atoms with Crippen molar-refractivity contribution >= 4 is 31.8 Å². The molecular formula is C31H32NO8P. The van der Waals surface area contributed by atoms with E-state index in [0.29, 0.717) is 41.5 Å². The number of benzene rings is 3. The fourth-order valence-corrected chi connectivity index (χ4v) is 5.76. The fraction of sp³-hybridized carbons (Fsp3) is 0.290. The van der Waals surface area contributed by atoms with Gasteiger partial charge in [-0.1, -0.05) is 85.6 Å². The number of rotatable bonds is 14. The van der Waals surface area contributed by atoms with Crippen LogP contribution in [0.1, 0.15) is 57.5 Å². The van der Waals surface area contributed by atoms with Gasteiger partial charge in [-0.05, 0) is 36.1 Å². The van der Waals surface area contributed by atoms with Crippen molar-refractivity contribution in [2.75, 3.05) is 6.54 Å². The number of fused-ring (bicyclic) bond motifs is 1. The zero-order valence-corrected chi connectivity index (χ0v) is 23.4. The summed E-state index contributed by atoms with van der Waals surface area (Å²) in [6.07, 6.45) is 1.44. The van der Waals surface area contributed by atoms with Gasteiger partial charge in [0.25, 0.3) is 11.8 Å². The molecule has 1 N–H and O–H groups in total. The van der Waals surface area contributed by atoms with Gasteiger partial charge >= 0.3 is 11.9 Å². The number of carbonyl (C=O) groups is 4. The van der Waals surface area contributed by atoms with E-state index in [9.17, 15) is 28.6 Å². The monoisotopic (exact) mass is 577 g/mol. The molecule has 1 aliphatic heterocycles. The molecule has 3 aromatic rings. The second-order valence-electron chi connectivity index (χ2n) is 9.77. The van der Waals surface area contributed by atoms with E-state index >= 15 is 0 Å². The molecule has 3 aromatic carbocycles. The second kappa shape index (κ2) is 14.5. The number of ether oxygens (including phenoxy) is 2. The molecule has 2 amide bonds. The quantitative estimate of drug-likeness (QED) is 0.0954. The molecule has 0 aromatic heterocycles. The lowest BCUT2D eigenvalue weighted by Crippen LogP contribution is -2.36. The summed E-state index contributed by atoms with van der Waals surface area (Å²) in [6, 6.07) is 24.5.